The molecule has 1 heterocycles. The van der Waals surface area contributed by atoms with Gasteiger partial charge in [-0.3, -0.25) is 4.90 Å². The van der Waals surface area contributed by atoms with Crippen LogP contribution in [-0.4, -0.2) is 17.5 Å². The number of benzene rings is 1. The van der Waals surface area contributed by atoms with Crippen LogP contribution in [0.5, 0.6) is 0 Å². The highest BCUT2D eigenvalue weighted by Gasteiger charge is 2.23. The van der Waals surface area contributed by atoms with Crippen molar-refractivity contribution in [3.8, 4) is 0 Å². The third-order valence-electron chi connectivity index (χ3n) is 3.42. The fourth-order valence-electron chi connectivity index (χ4n) is 2.48. The van der Waals surface area contributed by atoms with Crippen molar-refractivity contribution in [1.82, 2.24) is 4.90 Å². The summed E-state index contributed by atoms with van der Waals surface area (Å²) in [6, 6.07) is 6.87. The number of rotatable bonds is 3. The van der Waals surface area contributed by atoms with Crippen molar-refractivity contribution in [3.63, 3.8) is 0 Å². The van der Waals surface area contributed by atoms with Crippen LogP contribution in [0.1, 0.15) is 31.7 Å². The fraction of sp³-hybridized carbons (Fsp3) is 0.538. The Morgan fingerprint density at radius 1 is 1.50 bits per heavy atom. The Balaban J connectivity index is 2.08. The maximum absolute atomic E-state index is 5.75. The van der Waals surface area contributed by atoms with Crippen LogP contribution < -0.4 is 5.73 Å². The van der Waals surface area contributed by atoms with Crippen LogP contribution in [0.25, 0.3) is 0 Å². The summed E-state index contributed by atoms with van der Waals surface area (Å²) in [6.07, 6.45) is 3.95. The van der Waals surface area contributed by atoms with Gasteiger partial charge in [-0.2, -0.15) is 0 Å². The fourth-order valence-corrected chi connectivity index (χ4v) is 3.00. The normalized spacial score (nSPS) is 21.5. The Morgan fingerprint density at radius 3 is 3.00 bits per heavy atom. The number of likely N-dealkylation sites (tertiary alicyclic amines) is 1. The molecule has 0 bridgehead atoms. The van der Waals surface area contributed by atoms with Crippen molar-refractivity contribution in [2.24, 2.45) is 0 Å². The second-order valence-electron chi connectivity index (χ2n) is 4.53. The summed E-state index contributed by atoms with van der Waals surface area (Å²) < 4.78 is 1.13. The molecule has 3 heteroatoms. The Labute approximate surface area is 106 Å². The lowest BCUT2D eigenvalue weighted by Crippen LogP contribution is -2.28. The number of anilines is 1. The molecule has 1 aliphatic heterocycles. The van der Waals surface area contributed by atoms with Crippen LogP contribution in [0.4, 0.5) is 5.69 Å². The number of nitrogen functional groups attached to an aromatic ring is 1. The van der Waals surface area contributed by atoms with Gasteiger partial charge in [-0.25, -0.2) is 0 Å². The number of halogens is 1. The molecular weight excluding hydrogens is 264 g/mol. The molecule has 1 aromatic carbocycles. The average Bonchev–Trinajstić information content (AvgIpc) is 2.69. The lowest BCUT2D eigenvalue weighted by molar-refractivity contribution is 0.239. The van der Waals surface area contributed by atoms with E-state index in [1.54, 1.807) is 0 Å². The van der Waals surface area contributed by atoms with Gasteiger partial charge in [0.1, 0.15) is 0 Å². The predicted octanol–water partition coefficient (Wildman–Crippen LogP) is 3.41. The third kappa shape index (κ3) is 2.58. The zero-order valence-corrected chi connectivity index (χ0v) is 11.3. The van der Waals surface area contributed by atoms with Gasteiger partial charge in [-0.1, -0.05) is 28.9 Å². The first kappa shape index (κ1) is 11.9. The van der Waals surface area contributed by atoms with Gasteiger partial charge in [0.05, 0.1) is 0 Å². The maximum atomic E-state index is 5.75. The zero-order chi connectivity index (χ0) is 11.5. The minimum Gasteiger partial charge on any atom is -0.399 e. The molecule has 88 valence electrons. The quantitative estimate of drug-likeness (QED) is 0.861. The van der Waals surface area contributed by atoms with Gasteiger partial charge in [0, 0.05) is 22.7 Å². The number of nitrogens with two attached hydrogens (primary N) is 1. The van der Waals surface area contributed by atoms with E-state index in [1.165, 1.54) is 31.4 Å². The molecule has 1 atom stereocenters. The largest absolute Gasteiger partial charge is 0.399 e. The molecule has 0 aromatic heterocycles. The van der Waals surface area contributed by atoms with E-state index in [0.717, 1.165) is 22.7 Å². The Kier molecular flexibility index (Phi) is 3.87. The standard InChI is InChI=1S/C13H19BrN2/c1-2-12-4-3-7-16(12)9-10-5-6-11(15)8-13(10)14/h5-6,8,12H,2-4,7,9,15H2,1H3. The van der Waals surface area contributed by atoms with E-state index in [4.69, 9.17) is 5.73 Å². The first-order valence-electron chi connectivity index (χ1n) is 5.98. The smallest absolute Gasteiger partial charge is 0.0325 e. The second kappa shape index (κ2) is 5.19. The average molecular weight is 283 g/mol. The van der Waals surface area contributed by atoms with E-state index in [1.807, 2.05) is 12.1 Å². The number of hydrogen-bond donors (Lipinski definition) is 1. The molecule has 0 amide bonds. The molecule has 0 radical (unpaired) electrons. The van der Waals surface area contributed by atoms with Crippen LogP contribution in [0.2, 0.25) is 0 Å². The third-order valence-corrected chi connectivity index (χ3v) is 4.16. The molecule has 2 N–H and O–H groups in total. The van der Waals surface area contributed by atoms with Gasteiger partial charge >= 0.3 is 0 Å². The van der Waals surface area contributed by atoms with Crippen LogP contribution >= 0.6 is 15.9 Å². The molecule has 1 aromatic rings. The minimum atomic E-state index is 0.768. The van der Waals surface area contributed by atoms with Gasteiger partial charge in [0.2, 0.25) is 0 Å². The van der Waals surface area contributed by atoms with Crippen molar-refractivity contribution in [2.75, 3.05) is 12.3 Å². The SMILES string of the molecule is CCC1CCCN1Cc1ccc(N)cc1Br. The summed E-state index contributed by atoms with van der Waals surface area (Å²) in [7, 11) is 0. The van der Waals surface area contributed by atoms with E-state index < -0.39 is 0 Å². The molecule has 2 nitrogen and oxygen atoms in total. The van der Waals surface area contributed by atoms with Crippen molar-refractivity contribution in [1.29, 1.82) is 0 Å². The Morgan fingerprint density at radius 2 is 2.31 bits per heavy atom. The van der Waals surface area contributed by atoms with Crippen LogP contribution in [0.15, 0.2) is 22.7 Å². The van der Waals surface area contributed by atoms with E-state index in [2.05, 4.69) is 33.8 Å². The van der Waals surface area contributed by atoms with Crippen molar-refractivity contribution < 1.29 is 0 Å². The summed E-state index contributed by atoms with van der Waals surface area (Å²) in [5.41, 5.74) is 7.91. The molecule has 2 rings (SSSR count). The molecule has 0 aliphatic carbocycles. The van der Waals surface area contributed by atoms with Gasteiger partial charge in [-0.15, -0.1) is 0 Å². The van der Waals surface area contributed by atoms with Gasteiger partial charge in [-0.05, 0) is 43.5 Å². The van der Waals surface area contributed by atoms with E-state index in [0.29, 0.717) is 0 Å². The number of nitrogens with zero attached hydrogens (tertiary/aromatic N) is 1. The molecule has 16 heavy (non-hydrogen) atoms. The summed E-state index contributed by atoms with van der Waals surface area (Å²) in [5, 5.41) is 0. The summed E-state index contributed by atoms with van der Waals surface area (Å²) in [6.45, 7) is 4.55. The Hall–Kier alpha value is -0.540. The van der Waals surface area contributed by atoms with E-state index in [9.17, 15) is 0 Å². The first-order chi connectivity index (χ1) is 7.70. The predicted molar refractivity (Wildman–Crippen MR) is 72.3 cm³/mol. The van der Waals surface area contributed by atoms with Crippen LogP contribution in [0, 0.1) is 0 Å². The highest BCUT2D eigenvalue weighted by Crippen LogP contribution is 2.26. The van der Waals surface area contributed by atoms with E-state index >= 15 is 0 Å². The highest BCUT2D eigenvalue weighted by atomic mass is 79.9. The van der Waals surface area contributed by atoms with Crippen molar-refractivity contribution in [3.05, 3.63) is 28.2 Å². The monoisotopic (exact) mass is 282 g/mol. The molecule has 1 unspecified atom stereocenters. The van der Waals surface area contributed by atoms with E-state index in [-0.39, 0.29) is 0 Å². The molecule has 0 saturated carbocycles. The second-order valence-corrected chi connectivity index (χ2v) is 5.38. The summed E-state index contributed by atoms with van der Waals surface area (Å²) in [4.78, 5) is 2.58. The summed E-state index contributed by atoms with van der Waals surface area (Å²) >= 11 is 3.59. The molecule has 1 saturated heterocycles. The highest BCUT2D eigenvalue weighted by molar-refractivity contribution is 9.10. The molecule has 1 aliphatic rings. The van der Waals surface area contributed by atoms with Crippen LogP contribution in [-0.2, 0) is 6.54 Å². The van der Waals surface area contributed by atoms with Crippen molar-refractivity contribution >= 4 is 21.6 Å². The number of hydrogen-bond acceptors (Lipinski definition) is 2. The Bertz CT molecular complexity index is 365. The lowest BCUT2D eigenvalue weighted by atomic mass is 10.1. The minimum absolute atomic E-state index is 0.768. The topological polar surface area (TPSA) is 29.3 Å². The van der Waals surface area contributed by atoms with Gasteiger partial charge in [0.15, 0.2) is 0 Å². The molecular formula is C13H19BrN2. The molecule has 0 spiro atoms. The van der Waals surface area contributed by atoms with Gasteiger partial charge in [0.25, 0.3) is 0 Å². The maximum Gasteiger partial charge on any atom is 0.0325 e. The lowest BCUT2D eigenvalue weighted by Gasteiger charge is -2.23. The first-order valence-corrected chi connectivity index (χ1v) is 6.78. The van der Waals surface area contributed by atoms with Crippen molar-refractivity contribution in [2.45, 2.75) is 38.8 Å². The molecule has 1 fully saturated rings. The summed E-state index contributed by atoms with van der Waals surface area (Å²) in [5.74, 6) is 0. The van der Waals surface area contributed by atoms with Gasteiger partial charge < -0.3 is 5.73 Å². The zero-order valence-electron chi connectivity index (χ0n) is 9.75. The van der Waals surface area contributed by atoms with Crippen LogP contribution in [0.3, 0.4) is 0 Å².